The molecule has 0 unspecified atom stereocenters. The van der Waals surface area contributed by atoms with E-state index in [4.69, 9.17) is 6.85 Å². The molecule has 0 saturated heterocycles. The van der Waals surface area contributed by atoms with Gasteiger partial charge in [0.2, 0.25) is 0 Å². The Bertz CT molecular complexity index is 828. The monoisotopic (exact) mass is 184 g/mol. The van der Waals surface area contributed by atoms with Crippen molar-refractivity contribution in [1.82, 2.24) is 4.98 Å². The van der Waals surface area contributed by atoms with Crippen molar-refractivity contribution < 1.29 is 6.85 Å². The first kappa shape index (κ1) is 4.09. The molecule has 3 aromatic rings. The number of fused-ring (bicyclic) bond motifs is 2. The number of benzene rings is 2. The molecule has 0 aliphatic rings. The highest BCUT2D eigenvalue weighted by molar-refractivity contribution is 5.92. The maximum atomic E-state index is 7.88. The van der Waals surface area contributed by atoms with E-state index in [1.165, 1.54) is 0 Å². The standard InChI is InChI=1S/C13H9N/c1-3-7-12-10(5-1)9-11-6-2-4-8-13(11)14-12/h1-9H/i1D,3D,5D,7D,8D. The summed E-state index contributed by atoms with van der Waals surface area (Å²) in [6.45, 7) is 0. The van der Waals surface area contributed by atoms with Crippen LogP contribution in [-0.4, -0.2) is 4.98 Å². The van der Waals surface area contributed by atoms with Crippen molar-refractivity contribution in [3.05, 3.63) is 54.5 Å². The van der Waals surface area contributed by atoms with Crippen LogP contribution in [0.25, 0.3) is 21.8 Å². The third-order valence-corrected chi connectivity index (χ3v) is 2.08. The Balaban J connectivity index is 2.59. The molecule has 0 bridgehead atoms. The molecular formula is C13H9N. The van der Waals surface area contributed by atoms with Crippen LogP contribution in [0.1, 0.15) is 6.85 Å². The van der Waals surface area contributed by atoms with Gasteiger partial charge >= 0.3 is 0 Å². The van der Waals surface area contributed by atoms with Crippen molar-refractivity contribution in [3.63, 3.8) is 0 Å². The van der Waals surface area contributed by atoms with E-state index in [2.05, 4.69) is 4.98 Å². The molecule has 14 heavy (non-hydrogen) atoms. The van der Waals surface area contributed by atoms with E-state index in [0.717, 1.165) is 0 Å². The first-order chi connectivity index (χ1) is 9.00. The van der Waals surface area contributed by atoms with Crippen molar-refractivity contribution in [1.29, 1.82) is 0 Å². The fraction of sp³-hybridized carbons (Fsp3) is 0. The minimum atomic E-state index is -0.299. The summed E-state index contributed by atoms with van der Waals surface area (Å²) < 4.78 is 38.8. The number of hydrogen-bond acceptors (Lipinski definition) is 1. The van der Waals surface area contributed by atoms with E-state index >= 15 is 0 Å². The molecule has 0 aliphatic carbocycles. The molecule has 0 radical (unpaired) electrons. The molecule has 0 N–H and O–H groups in total. The van der Waals surface area contributed by atoms with E-state index < -0.39 is 0 Å². The number of nitrogens with zero attached hydrogens (tertiary/aromatic N) is 1. The smallest absolute Gasteiger partial charge is 0.0709 e. The predicted octanol–water partition coefficient (Wildman–Crippen LogP) is 3.39. The van der Waals surface area contributed by atoms with Gasteiger partial charge in [0.1, 0.15) is 0 Å². The van der Waals surface area contributed by atoms with Gasteiger partial charge in [0.25, 0.3) is 0 Å². The quantitative estimate of drug-likeness (QED) is 0.488. The summed E-state index contributed by atoms with van der Waals surface area (Å²) in [6, 6.07) is 6.19. The number of aromatic nitrogens is 1. The van der Waals surface area contributed by atoms with Crippen LogP contribution in [0.3, 0.4) is 0 Å². The summed E-state index contributed by atoms with van der Waals surface area (Å²) in [5, 5.41) is 1.08. The Kier molecular flexibility index (Phi) is 0.821. The van der Waals surface area contributed by atoms with Crippen LogP contribution in [0, 0.1) is 0 Å². The lowest BCUT2D eigenvalue weighted by molar-refractivity contribution is 1.50. The van der Waals surface area contributed by atoms with E-state index in [0.29, 0.717) is 16.3 Å². The highest BCUT2D eigenvalue weighted by Gasteiger charge is 1.96. The second kappa shape index (κ2) is 2.81. The average molecular weight is 184 g/mol. The summed E-state index contributed by atoms with van der Waals surface area (Å²) in [5.74, 6) is 0. The molecule has 0 saturated carbocycles. The topological polar surface area (TPSA) is 12.9 Å². The fourth-order valence-electron chi connectivity index (χ4n) is 1.43. The Morgan fingerprint density at radius 3 is 2.79 bits per heavy atom. The van der Waals surface area contributed by atoms with Gasteiger partial charge < -0.3 is 0 Å². The molecule has 0 aliphatic heterocycles. The second-order valence-electron chi connectivity index (χ2n) is 2.99. The SMILES string of the molecule is [2H]c1c([2H])c([2H])c2nc3c([2H])cccc3cc2c1[2H]. The van der Waals surface area contributed by atoms with E-state index in [1.54, 1.807) is 24.3 Å². The molecule has 1 heteroatoms. The minimum Gasteiger partial charge on any atom is -0.248 e. The molecule has 0 amide bonds. The van der Waals surface area contributed by atoms with E-state index in [-0.39, 0.29) is 35.7 Å². The number of rotatable bonds is 0. The van der Waals surface area contributed by atoms with Crippen LogP contribution >= 0.6 is 0 Å². The lowest BCUT2D eigenvalue weighted by atomic mass is 10.1. The summed E-state index contributed by atoms with van der Waals surface area (Å²) in [4.78, 5) is 4.24. The van der Waals surface area contributed by atoms with Gasteiger partial charge in [0, 0.05) is 10.8 Å². The van der Waals surface area contributed by atoms with Gasteiger partial charge in [-0.15, -0.1) is 0 Å². The first-order valence-corrected chi connectivity index (χ1v) is 4.27. The molecule has 3 rings (SSSR count). The molecule has 0 spiro atoms. The van der Waals surface area contributed by atoms with Crippen LogP contribution in [0.2, 0.25) is 0 Å². The van der Waals surface area contributed by atoms with Crippen LogP contribution < -0.4 is 0 Å². The molecule has 0 fully saturated rings. The van der Waals surface area contributed by atoms with Crippen molar-refractivity contribution >= 4 is 21.8 Å². The predicted molar refractivity (Wildman–Crippen MR) is 59.2 cm³/mol. The fourth-order valence-corrected chi connectivity index (χ4v) is 1.43. The largest absolute Gasteiger partial charge is 0.248 e. The lowest BCUT2D eigenvalue weighted by Crippen LogP contribution is -1.80. The Hall–Kier alpha value is -1.89. The highest BCUT2D eigenvalue weighted by atomic mass is 14.7. The number of para-hydroxylation sites is 2. The average Bonchev–Trinajstić information content (AvgIpc) is 2.42. The number of pyridine rings is 1. The van der Waals surface area contributed by atoms with Gasteiger partial charge in [-0.1, -0.05) is 36.3 Å². The molecule has 0 atom stereocenters. The highest BCUT2D eigenvalue weighted by Crippen LogP contribution is 2.18. The van der Waals surface area contributed by atoms with Gasteiger partial charge in [-0.25, -0.2) is 4.98 Å². The van der Waals surface area contributed by atoms with Crippen LogP contribution in [0.4, 0.5) is 0 Å². The Morgan fingerprint density at radius 2 is 1.79 bits per heavy atom. The zero-order chi connectivity index (χ0) is 13.7. The van der Waals surface area contributed by atoms with Crippen molar-refractivity contribution in [2.24, 2.45) is 0 Å². The zero-order valence-electron chi connectivity index (χ0n) is 12.3. The van der Waals surface area contributed by atoms with Gasteiger partial charge in [0.15, 0.2) is 0 Å². The van der Waals surface area contributed by atoms with E-state index in [9.17, 15) is 0 Å². The van der Waals surface area contributed by atoms with Crippen molar-refractivity contribution in [2.45, 2.75) is 0 Å². The molecule has 1 nitrogen and oxygen atoms in total. The molecule has 66 valence electrons. The van der Waals surface area contributed by atoms with Gasteiger partial charge in [-0.3, -0.25) is 0 Å². The number of hydrogen-bond donors (Lipinski definition) is 0. The summed E-state index contributed by atoms with van der Waals surface area (Å²) in [6.07, 6.45) is 0. The van der Waals surface area contributed by atoms with E-state index in [1.807, 2.05) is 0 Å². The van der Waals surface area contributed by atoms with Crippen LogP contribution in [0.5, 0.6) is 0 Å². The molecule has 2 aromatic carbocycles. The third-order valence-electron chi connectivity index (χ3n) is 2.08. The molecule has 1 aromatic heterocycles. The Labute approximate surface area is 89.0 Å². The van der Waals surface area contributed by atoms with Gasteiger partial charge in [0.05, 0.1) is 17.9 Å². The maximum Gasteiger partial charge on any atom is 0.0709 e. The summed E-state index contributed by atoms with van der Waals surface area (Å²) in [5.41, 5.74) is 0.651. The summed E-state index contributed by atoms with van der Waals surface area (Å²) >= 11 is 0. The first-order valence-electron chi connectivity index (χ1n) is 6.77. The summed E-state index contributed by atoms with van der Waals surface area (Å²) in [7, 11) is 0. The second-order valence-corrected chi connectivity index (χ2v) is 2.99. The van der Waals surface area contributed by atoms with Crippen molar-refractivity contribution in [3.8, 4) is 0 Å². The van der Waals surface area contributed by atoms with Crippen LogP contribution in [-0.2, 0) is 0 Å². The molecular weight excluding hydrogens is 170 g/mol. The lowest BCUT2D eigenvalue weighted by Gasteiger charge is -1.99. The minimum absolute atomic E-state index is 0.0965. The molecule has 1 heterocycles. The van der Waals surface area contributed by atoms with Gasteiger partial charge in [-0.05, 0) is 18.2 Å². The third kappa shape index (κ3) is 1.06. The Morgan fingerprint density at radius 1 is 0.929 bits per heavy atom. The van der Waals surface area contributed by atoms with Gasteiger partial charge in [-0.2, -0.15) is 0 Å². The normalized spacial score (nSPS) is 15.9. The van der Waals surface area contributed by atoms with Crippen molar-refractivity contribution in [2.75, 3.05) is 0 Å². The zero-order valence-corrected chi connectivity index (χ0v) is 7.26. The van der Waals surface area contributed by atoms with Crippen LogP contribution in [0.15, 0.2) is 54.5 Å². The maximum absolute atomic E-state index is 7.88.